The zero-order valence-electron chi connectivity index (χ0n) is 9.28. The van der Waals surface area contributed by atoms with E-state index in [-0.39, 0.29) is 0 Å². The summed E-state index contributed by atoms with van der Waals surface area (Å²) >= 11 is 1.83. The van der Waals surface area contributed by atoms with Crippen molar-refractivity contribution in [2.75, 3.05) is 0 Å². The predicted molar refractivity (Wildman–Crippen MR) is 66.1 cm³/mol. The molecule has 1 aromatic heterocycles. The summed E-state index contributed by atoms with van der Waals surface area (Å²) in [6.45, 7) is 2.24. The highest BCUT2D eigenvalue weighted by Crippen LogP contribution is 2.23. The standard InChI is InChI=1S/C12H20N2S/c1-9(12-6-3-7-15-12)14-11-5-2-4-10(13)8-11/h3,6-7,9-11,14H,2,4-5,8,13H2,1H3. The Morgan fingerprint density at radius 3 is 3.07 bits per heavy atom. The molecule has 1 saturated carbocycles. The van der Waals surface area contributed by atoms with Crippen LogP contribution < -0.4 is 11.1 Å². The molecule has 0 aromatic carbocycles. The molecule has 1 fully saturated rings. The molecule has 1 heterocycles. The minimum atomic E-state index is 0.409. The number of nitrogens with two attached hydrogens (primary N) is 1. The summed E-state index contributed by atoms with van der Waals surface area (Å²) in [5, 5.41) is 5.82. The number of rotatable bonds is 3. The normalized spacial score (nSPS) is 28.9. The minimum absolute atomic E-state index is 0.409. The fourth-order valence-corrected chi connectivity index (χ4v) is 3.10. The van der Waals surface area contributed by atoms with Crippen molar-refractivity contribution in [3.63, 3.8) is 0 Å². The number of hydrogen-bond donors (Lipinski definition) is 2. The van der Waals surface area contributed by atoms with E-state index in [2.05, 4.69) is 29.8 Å². The molecule has 2 rings (SSSR count). The molecular weight excluding hydrogens is 204 g/mol. The quantitative estimate of drug-likeness (QED) is 0.828. The van der Waals surface area contributed by atoms with Crippen molar-refractivity contribution in [2.24, 2.45) is 5.73 Å². The SMILES string of the molecule is CC(NC1CCCC(N)C1)c1cccs1. The maximum absolute atomic E-state index is 5.98. The van der Waals surface area contributed by atoms with Crippen LogP contribution in [0.2, 0.25) is 0 Å². The van der Waals surface area contributed by atoms with Crippen LogP contribution in [0.3, 0.4) is 0 Å². The van der Waals surface area contributed by atoms with Gasteiger partial charge >= 0.3 is 0 Å². The van der Waals surface area contributed by atoms with Crippen molar-refractivity contribution in [3.8, 4) is 0 Å². The lowest BCUT2D eigenvalue weighted by atomic mass is 9.91. The number of hydrogen-bond acceptors (Lipinski definition) is 3. The summed E-state index contributed by atoms with van der Waals surface area (Å²) in [7, 11) is 0. The van der Waals surface area contributed by atoms with Gasteiger partial charge in [-0.1, -0.05) is 12.5 Å². The Hall–Kier alpha value is -0.380. The second-order valence-electron chi connectivity index (χ2n) is 4.53. The fraction of sp³-hybridized carbons (Fsp3) is 0.667. The lowest BCUT2D eigenvalue weighted by Gasteiger charge is -2.29. The third-order valence-electron chi connectivity index (χ3n) is 3.17. The molecule has 3 N–H and O–H groups in total. The first-order valence-electron chi connectivity index (χ1n) is 5.80. The highest BCUT2D eigenvalue weighted by molar-refractivity contribution is 7.10. The Morgan fingerprint density at radius 2 is 2.40 bits per heavy atom. The smallest absolute Gasteiger partial charge is 0.0388 e. The van der Waals surface area contributed by atoms with Gasteiger partial charge in [0.25, 0.3) is 0 Å². The Morgan fingerprint density at radius 1 is 1.53 bits per heavy atom. The molecule has 3 heteroatoms. The molecule has 3 atom stereocenters. The molecule has 0 aliphatic heterocycles. The highest BCUT2D eigenvalue weighted by atomic mass is 32.1. The third kappa shape index (κ3) is 3.03. The molecule has 1 aliphatic carbocycles. The first-order chi connectivity index (χ1) is 7.25. The van der Waals surface area contributed by atoms with Crippen molar-refractivity contribution in [2.45, 2.75) is 50.7 Å². The van der Waals surface area contributed by atoms with Crippen molar-refractivity contribution in [1.29, 1.82) is 0 Å². The zero-order chi connectivity index (χ0) is 10.7. The summed E-state index contributed by atoms with van der Waals surface area (Å²) in [4.78, 5) is 1.43. The van der Waals surface area contributed by atoms with Crippen LogP contribution in [0.5, 0.6) is 0 Å². The van der Waals surface area contributed by atoms with E-state index in [9.17, 15) is 0 Å². The second kappa shape index (κ2) is 5.10. The van der Waals surface area contributed by atoms with Crippen LogP contribution in [-0.4, -0.2) is 12.1 Å². The van der Waals surface area contributed by atoms with E-state index < -0.39 is 0 Å². The molecule has 0 bridgehead atoms. The van der Waals surface area contributed by atoms with Crippen LogP contribution in [0.25, 0.3) is 0 Å². The molecule has 1 aromatic rings. The molecule has 3 unspecified atom stereocenters. The first kappa shape index (κ1) is 11.1. The van der Waals surface area contributed by atoms with Gasteiger partial charge in [0.1, 0.15) is 0 Å². The Bertz CT molecular complexity index is 284. The summed E-state index contributed by atoms with van der Waals surface area (Å²) < 4.78 is 0. The van der Waals surface area contributed by atoms with Crippen molar-refractivity contribution >= 4 is 11.3 Å². The van der Waals surface area contributed by atoms with E-state index in [1.807, 2.05) is 11.3 Å². The monoisotopic (exact) mass is 224 g/mol. The summed E-state index contributed by atoms with van der Waals surface area (Å²) in [5.74, 6) is 0. The van der Waals surface area contributed by atoms with Gasteiger partial charge in [-0.2, -0.15) is 0 Å². The minimum Gasteiger partial charge on any atom is -0.328 e. The molecule has 0 spiro atoms. The van der Waals surface area contributed by atoms with Crippen LogP contribution in [0.1, 0.15) is 43.5 Å². The van der Waals surface area contributed by atoms with Crippen LogP contribution in [0, 0.1) is 0 Å². The van der Waals surface area contributed by atoms with Gasteiger partial charge in [0.2, 0.25) is 0 Å². The third-order valence-corrected chi connectivity index (χ3v) is 4.23. The van der Waals surface area contributed by atoms with Gasteiger partial charge in [-0.05, 0) is 37.6 Å². The lowest BCUT2D eigenvalue weighted by Crippen LogP contribution is -2.40. The maximum Gasteiger partial charge on any atom is 0.0388 e. The fourth-order valence-electron chi connectivity index (χ4n) is 2.35. The molecule has 2 nitrogen and oxygen atoms in total. The van der Waals surface area contributed by atoms with Gasteiger partial charge in [-0.3, -0.25) is 0 Å². The van der Waals surface area contributed by atoms with Gasteiger partial charge in [0, 0.05) is 23.0 Å². The molecular formula is C12H20N2S. The van der Waals surface area contributed by atoms with Crippen LogP contribution in [0.4, 0.5) is 0 Å². The van der Waals surface area contributed by atoms with Crippen molar-refractivity contribution in [1.82, 2.24) is 5.32 Å². The predicted octanol–water partition coefficient (Wildman–Crippen LogP) is 2.67. The van der Waals surface area contributed by atoms with E-state index >= 15 is 0 Å². The van der Waals surface area contributed by atoms with Crippen molar-refractivity contribution in [3.05, 3.63) is 22.4 Å². The van der Waals surface area contributed by atoms with E-state index in [4.69, 9.17) is 5.73 Å². The maximum atomic E-state index is 5.98. The summed E-state index contributed by atoms with van der Waals surface area (Å²) in [5.41, 5.74) is 5.98. The molecule has 84 valence electrons. The van der Waals surface area contributed by atoms with E-state index in [0.29, 0.717) is 18.1 Å². The number of thiophene rings is 1. The molecule has 0 radical (unpaired) electrons. The average Bonchev–Trinajstić information content (AvgIpc) is 2.70. The molecule has 0 saturated heterocycles. The van der Waals surface area contributed by atoms with Gasteiger partial charge in [-0.15, -0.1) is 11.3 Å². The Balaban J connectivity index is 1.86. The van der Waals surface area contributed by atoms with E-state index in [1.165, 1.54) is 24.1 Å². The molecule has 1 aliphatic rings. The van der Waals surface area contributed by atoms with Gasteiger partial charge < -0.3 is 11.1 Å². The molecule has 15 heavy (non-hydrogen) atoms. The Labute approximate surface area is 95.9 Å². The topological polar surface area (TPSA) is 38.0 Å². The summed E-state index contributed by atoms with van der Waals surface area (Å²) in [6.07, 6.45) is 4.89. The average molecular weight is 224 g/mol. The van der Waals surface area contributed by atoms with Crippen LogP contribution in [-0.2, 0) is 0 Å². The van der Waals surface area contributed by atoms with Gasteiger partial charge in [0.05, 0.1) is 0 Å². The largest absolute Gasteiger partial charge is 0.328 e. The highest BCUT2D eigenvalue weighted by Gasteiger charge is 2.20. The second-order valence-corrected chi connectivity index (χ2v) is 5.51. The Kier molecular flexibility index (Phi) is 3.78. The first-order valence-corrected chi connectivity index (χ1v) is 6.68. The lowest BCUT2D eigenvalue weighted by molar-refractivity contribution is 0.320. The van der Waals surface area contributed by atoms with E-state index in [0.717, 1.165) is 6.42 Å². The van der Waals surface area contributed by atoms with Gasteiger partial charge in [0.15, 0.2) is 0 Å². The van der Waals surface area contributed by atoms with Crippen LogP contribution in [0.15, 0.2) is 17.5 Å². The summed E-state index contributed by atoms with van der Waals surface area (Å²) in [6, 6.07) is 5.81. The van der Waals surface area contributed by atoms with E-state index in [1.54, 1.807) is 0 Å². The van der Waals surface area contributed by atoms with Gasteiger partial charge in [-0.25, -0.2) is 0 Å². The van der Waals surface area contributed by atoms with Crippen molar-refractivity contribution < 1.29 is 0 Å². The number of nitrogens with one attached hydrogen (secondary N) is 1. The van der Waals surface area contributed by atoms with Crippen LogP contribution >= 0.6 is 11.3 Å². The zero-order valence-corrected chi connectivity index (χ0v) is 10.1. The molecule has 0 amide bonds.